The quantitative estimate of drug-likeness (QED) is 0.632. The first-order chi connectivity index (χ1) is 6.31. The summed E-state index contributed by atoms with van der Waals surface area (Å²) in [6.07, 6.45) is 7.00. The van der Waals surface area contributed by atoms with E-state index in [1.165, 1.54) is 5.57 Å². The molecule has 0 N–H and O–H groups in total. The summed E-state index contributed by atoms with van der Waals surface area (Å²) < 4.78 is 15.4. The van der Waals surface area contributed by atoms with Crippen molar-refractivity contribution in [3.8, 4) is 0 Å². The molecule has 1 unspecified atom stereocenters. The zero-order valence-electron chi connectivity index (χ0n) is 7.56. The Bertz CT molecular complexity index is 331. The van der Waals surface area contributed by atoms with E-state index < -0.39 is 11.0 Å². The van der Waals surface area contributed by atoms with Crippen LogP contribution in [0.5, 0.6) is 0 Å². The summed E-state index contributed by atoms with van der Waals surface area (Å²) >= 11 is 0. The van der Waals surface area contributed by atoms with Crippen molar-refractivity contribution >= 4 is 16.8 Å². The van der Waals surface area contributed by atoms with Gasteiger partial charge in [-0.05, 0) is 18.1 Å². The van der Waals surface area contributed by atoms with Gasteiger partial charge in [0.05, 0.1) is 5.75 Å². The van der Waals surface area contributed by atoms with E-state index in [2.05, 4.69) is 16.2 Å². The molecule has 2 aliphatic rings. The lowest BCUT2D eigenvalue weighted by molar-refractivity contribution is 0.573. The van der Waals surface area contributed by atoms with E-state index in [4.69, 9.17) is 0 Å². The molecule has 0 saturated carbocycles. The number of amidine groups is 1. The van der Waals surface area contributed by atoms with Crippen molar-refractivity contribution in [1.29, 1.82) is 0 Å². The van der Waals surface area contributed by atoms with E-state index in [0.29, 0.717) is 5.75 Å². The Hall–Kier alpha value is -0.900. The molecular weight excluding hydrogens is 184 g/mol. The molecule has 0 amide bonds. The summed E-state index contributed by atoms with van der Waals surface area (Å²) in [6.45, 7) is 2.91. The first kappa shape index (κ1) is 8.69. The number of nitrogens with zero attached hydrogens (tertiary/aromatic N) is 2. The van der Waals surface area contributed by atoms with Crippen molar-refractivity contribution in [3.05, 3.63) is 23.9 Å². The maximum atomic E-state index is 11.2. The number of hydrogen-bond donors (Lipinski definition) is 0. The molecule has 70 valence electrons. The lowest BCUT2D eigenvalue weighted by Crippen LogP contribution is -2.36. The van der Waals surface area contributed by atoms with Crippen LogP contribution >= 0.6 is 0 Å². The van der Waals surface area contributed by atoms with Gasteiger partial charge in [0.2, 0.25) is 0 Å². The Kier molecular flexibility index (Phi) is 2.31. The van der Waals surface area contributed by atoms with Crippen LogP contribution in [0.15, 0.2) is 28.3 Å². The van der Waals surface area contributed by atoms with Gasteiger partial charge in [0.1, 0.15) is 16.8 Å². The zero-order chi connectivity index (χ0) is 9.26. The highest BCUT2D eigenvalue weighted by atomic mass is 32.2. The Labute approximate surface area is 80.4 Å². The Balaban J connectivity index is 2.36. The van der Waals surface area contributed by atoms with Gasteiger partial charge in [-0.15, -0.1) is 0 Å². The van der Waals surface area contributed by atoms with Gasteiger partial charge < -0.3 is 4.90 Å². The third kappa shape index (κ3) is 1.58. The second kappa shape index (κ2) is 3.46. The number of fused-ring (bicyclic) bond motifs is 1. The Morgan fingerprint density at radius 2 is 2.54 bits per heavy atom. The lowest BCUT2D eigenvalue weighted by Gasteiger charge is -2.28. The molecular formula is C9H12N2OS. The predicted molar refractivity (Wildman–Crippen MR) is 54.7 cm³/mol. The van der Waals surface area contributed by atoms with Crippen LogP contribution < -0.4 is 0 Å². The smallest absolute Gasteiger partial charge is 0.146 e. The molecule has 0 aromatic rings. The van der Waals surface area contributed by atoms with Gasteiger partial charge in [0.15, 0.2) is 0 Å². The van der Waals surface area contributed by atoms with Crippen molar-refractivity contribution < 1.29 is 4.21 Å². The molecule has 2 rings (SSSR count). The fourth-order valence-corrected chi connectivity index (χ4v) is 2.34. The second-order valence-corrected chi connectivity index (χ2v) is 4.25. The summed E-state index contributed by atoms with van der Waals surface area (Å²) in [6, 6.07) is 0. The van der Waals surface area contributed by atoms with Gasteiger partial charge in [0, 0.05) is 12.7 Å². The molecule has 0 aliphatic carbocycles. The zero-order valence-corrected chi connectivity index (χ0v) is 8.38. The van der Waals surface area contributed by atoms with Crippen LogP contribution in [0.4, 0.5) is 0 Å². The molecule has 0 aromatic carbocycles. The van der Waals surface area contributed by atoms with Crippen LogP contribution in [0.3, 0.4) is 0 Å². The maximum absolute atomic E-state index is 11.2. The average molecular weight is 196 g/mol. The van der Waals surface area contributed by atoms with Crippen LogP contribution in [-0.2, 0) is 11.0 Å². The standard InChI is InChI=1S/C9H12N2OS/c1-2-8-4-3-5-11-6-7-13(12)10-9(8)11/h3-5H,2,6-7H2,1H3. The fourth-order valence-electron chi connectivity index (χ4n) is 1.48. The molecule has 0 spiro atoms. The van der Waals surface area contributed by atoms with E-state index >= 15 is 0 Å². The summed E-state index contributed by atoms with van der Waals surface area (Å²) in [7, 11) is -1.01. The molecule has 0 aromatic heterocycles. The lowest BCUT2D eigenvalue weighted by atomic mass is 10.1. The van der Waals surface area contributed by atoms with E-state index in [9.17, 15) is 4.21 Å². The first-order valence-corrected chi connectivity index (χ1v) is 5.70. The minimum absolute atomic E-state index is 0.644. The van der Waals surface area contributed by atoms with Gasteiger partial charge >= 0.3 is 0 Å². The van der Waals surface area contributed by atoms with Crippen molar-refractivity contribution in [2.45, 2.75) is 13.3 Å². The maximum Gasteiger partial charge on any atom is 0.146 e. The van der Waals surface area contributed by atoms with Crippen molar-refractivity contribution in [2.75, 3.05) is 12.3 Å². The summed E-state index contributed by atoms with van der Waals surface area (Å²) in [4.78, 5) is 2.07. The molecule has 0 saturated heterocycles. The van der Waals surface area contributed by atoms with Gasteiger partial charge in [-0.1, -0.05) is 13.0 Å². The largest absolute Gasteiger partial charge is 0.331 e. The van der Waals surface area contributed by atoms with E-state index in [-0.39, 0.29) is 0 Å². The van der Waals surface area contributed by atoms with Crippen LogP contribution in [-0.4, -0.2) is 27.2 Å². The van der Waals surface area contributed by atoms with Crippen molar-refractivity contribution in [3.63, 3.8) is 0 Å². The SMILES string of the molecule is CCC1=CC=CN2CCS(=O)N=C12. The second-order valence-electron chi connectivity index (χ2n) is 3.02. The highest BCUT2D eigenvalue weighted by Crippen LogP contribution is 2.17. The Morgan fingerprint density at radius 3 is 3.31 bits per heavy atom. The van der Waals surface area contributed by atoms with Crippen LogP contribution in [0.1, 0.15) is 13.3 Å². The van der Waals surface area contributed by atoms with E-state index in [0.717, 1.165) is 18.8 Å². The molecule has 3 nitrogen and oxygen atoms in total. The highest BCUT2D eigenvalue weighted by Gasteiger charge is 2.21. The highest BCUT2D eigenvalue weighted by molar-refractivity contribution is 7.83. The number of hydrogen-bond acceptors (Lipinski definition) is 2. The molecule has 0 radical (unpaired) electrons. The molecule has 1 atom stereocenters. The van der Waals surface area contributed by atoms with E-state index in [1.807, 2.05) is 18.4 Å². The molecule has 4 heteroatoms. The molecule has 2 aliphatic heterocycles. The normalized spacial score (nSPS) is 26.5. The van der Waals surface area contributed by atoms with Gasteiger partial charge in [-0.3, -0.25) is 0 Å². The van der Waals surface area contributed by atoms with Crippen LogP contribution in [0.25, 0.3) is 0 Å². The monoisotopic (exact) mass is 196 g/mol. The fraction of sp³-hybridized carbons (Fsp3) is 0.444. The molecule has 2 heterocycles. The molecule has 0 bridgehead atoms. The minimum atomic E-state index is -1.01. The van der Waals surface area contributed by atoms with Gasteiger partial charge in [-0.25, -0.2) is 4.21 Å². The van der Waals surface area contributed by atoms with Gasteiger partial charge in [-0.2, -0.15) is 4.40 Å². The summed E-state index contributed by atoms with van der Waals surface area (Å²) in [5.41, 5.74) is 1.18. The van der Waals surface area contributed by atoms with Crippen molar-refractivity contribution in [1.82, 2.24) is 4.90 Å². The van der Waals surface area contributed by atoms with Crippen molar-refractivity contribution in [2.24, 2.45) is 4.40 Å². The third-order valence-electron chi connectivity index (χ3n) is 2.20. The Morgan fingerprint density at radius 1 is 1.69 bits per heavy atom. The van der Waals surface area contributed by atoms with E-state index in [1.54, 1.807) is 0 Å². The molecule has 13 heavy (non-hydrogen) atoms. The first-order valence-electron chi connectivity index (χ1n) is 4.43. The average Bonchev–Trinajstić information content (AvgIpc) is 2.17. The van der Waals surface area contributed by atoms with Crippen LogP contribution in [0.2, 0.25) is 0 Å². The number of allylic oxidation sites excluding steroid dienone is 2. The topological polar surface area (TPSA) is 32.7 Å². The minimum Gasteiger partial charge on any atom is -0.331 e. The number of rotatable bonds is 1. The van der Waals surface area contributed by atoms with Crippen LogP contribution in [0, 0.1) is 0 Å². The van der Waals surface area contributed by atoms with Gasteiger partial charge in [0.25, 0.3) is 0 Å². The summed E-state index contributed by atoms with van der Waals surface area (Å²) in [5, 5.41) is 0. The summed E-state index contributed by atoms with van der Waals surface area (Å²) in [5.74, 6) is 1.54. The third-order valence-corrected chi connectivity index (χ3v) is 3.11. The predicted octanol–water partition coefficient (Wildman–Crippen LogP) is 1.23. The molecule has 0 fully saturated rings.